The van der Waals surface area contributed by atoms with Crippen molar-refractivity contribution in [2.45, 2.75) is 75.7 Å². The van der Waals surface area contributed by atoms with Crippen molar-refractivity contribution < 1.29 is 4.79 Å². The summed E-state index contributed by atoms with van der Waals surface area (Å²) in [6.07, 6.45) is 6.43. The van der Waals surface area contributed by atoms with Crippen LogP contribution in [0.4, 0.5) is 0 Å². The number of carbonyl (C=O) groups excluding carboxylic acids is 1. The predicted molar refractivity (Wildman–Crippen MR) is 102 cm³/mol. The summed E-state index contributed by atoms with van der Waals surface area (Å²) in [5, 5.41) is 8.70. The average molecular weight is 375 g/mol. The fraction of sp³-hybridized carbons (Fsp3) is 0.667. The van der Waals surface area contributed by atoms with E-state index in [1.54, 1.807) is 27.2 Å². The number of thioether (sulfide) groups is 1. The maximum atomic E-state index is 13.0. The second-order valence-corrected chi connectivity index (χ2v) is 9.24. The van der Waals surface area contributed by atoms with Gasteiger partial charge in [-0.2, -0.15) is 5.10 Å². The van der Waals surface area contributed by atoms with Crippen molar-refractivity contribution in [3.63, 3.8) is 0 Å². The van der Waals surface area contributed by atoms with E-state index in [0.717, 1.165) is 12.8 Å². The number of hydrogen-bond acceptors (Lipinski definition) is 5. The van der Waals surface area contributed by atoms with Gasteiger partial charge in [-0.1, -0.05) is 24.6 Å². The lowest BCUT2D eigenvalue weighted by atomic mass is 10.1. The lowest BCUT2D eigenvalue weighted by Gasteiger charge is -2.20. The molecule has 4 rings (SSSR count). The molecular formula is C18H25N5O2S. The third-order valence-electron chi connectivity index (χ3n) is 5.15. The Morgan fingerprint density at radius 2 is 2.08 bits per heavy atom. The van der Waals surface area contributed by atoms with Crippen molar-refractivity contribution in [1.82, 2.24) is 24.6 Å². The zero-order chi connectivity index (χ0) is 18.5. The highest BCUT2D eigenvalue weighted by atomic mass is 32.2. The van der Waals surface area contributed by atoms with E-state index in [9.17, 15) is 9.59 Å². The van der Waals surface area contributed by atoms with Gasteiger partial charge >= 0.3 is 0 Å². The highest BCUT2D eigenvalue weighted by Gasteiger charge is 2.31. The van der Waals surface area contributed by atoms with Crippen LogP contribution >= 0.6 is 11.8 Å². The Labute approximate surface area is 156 Å². The van der Waals surface area contributed by atoms with Crippen LogP contribution in [0.1, 0.15) is 58.9 Å². The minimum atomic E-state index is -0.246. The van der Waals surface area contributed by atoms with E-state index in [0.29, 0.717) is 34.4 Å². The molecule has 8 heteroatoms. The minimum absolute atomic E-state index is 0.0349. The molecule has 1 saturated carbocycles. The summed E-state index contributed by atoms with van der Waals surface area (Å²) in [6.45, 7) is 6.11. The van der Waals surface area contributed by atoms with Gasteiger partial charge in [0.2, 0.25) is 5.91 Å². The molecule has 1 aliphatic heterocycles. The number of carbonyl (C=O) groups is 1. The summed E-state index contributed by atoms with van der Waals surface area (Å²) in [7, 11) is 0. The number of fused-ring (bicyclic) bond motifs is 2. The second kappa shape index (κ2) is 6.40. The molecule has 1 amide bonds. The minimum Gasteiger partial charge on any atom is -0.353 e. The van der Waals surface area contributed by atoms with E-state index in [1.807, 2.05) is 20.8 Å². The van der Waals surface area contributed by atoms with E-state index in [-0.39, 0.29) is 23.0 Å². The van der Waals surface area contributed by atoms with Gasteiger partial charge in [-0.15, -0.1) is 0 Å². The summed E-state index contributed by atoms with van der Waals surface area (Å²) >= 11 is 1.54. The van der Waals surface area contributed by atoms with Gasteiger partial charge in [0, 0.05) is 18.2 Å². The number of rotatable bonds is 3. The predicted octanol–water partition coefficient (Wildman–Crippen LogP) is 2.44. The summed E-state index contributed by atoms with van der Waals surface area (Å²) in [5.74, 6) is 0.739. The van der Waals surface area contributed by atoms with Crippen molar-refractivity contribution in [2.75, 3.05) is 5.75 Å². The Hall–Kier alpha value is -1.83. The fourth-order valence-electron chi connectivity index (χ4n) is 3.84. The van der Waals surface area contributed by atoms with Crippen LogP contribution in [-0.4, -0.2) is 37.0 Å². The molecule has 3 heterocycles. The molecule has 0 aromatic carbocycles. The summed E-state index contributed by atoms with van der Waals surface area (Å²) < 4.78 is 3.49. The van der Waals surface area contributed by atoms with Gasteiger partial charge in [-0.05, 0) is 33.6 Å². The van der Waals surface area contributed by atoms with Crippen molar-refractivity contribution in [1.29, 1.82) is 0 Å². The molecule has 1 fully saturated rings. The van der Waals surface area contributed by atoms with Gasteiger partial charge in [-0.3, -0.25) is 14.2 Å². The van der Waals surface area contributed by atoms with Gasteiger partial charge in [0.1, 0.15) is 5.39 Å². The van der Waals surface area contributed by atoms with Crippen molar-refractivity contribution in [3.05, 3.63) is 16.6 Å². The molecule has 1 unspecified atom stereocenters. The number of aromatic nitrogens is 4. The zero-order valence-corrected chi connectivity index (χ0v) is 16.3. The molecule has 0 bridgehead atoms. The van der Waals surface area contributed by atoms with E-state index in [1.165, 1.54) is 12.8 Å². The molecule has 0 radical (unpaired) electrons. The largest absolute Gasteiger partial charge is 0.353 e. The van der Waals surface area contributed by atoms with Crippen molar-refractivity contribution >= 4 is 28.7 Å². The van der Waals surface area contributed by atoms with Gasteiger partial charge in [0.05, 0.1) is 17.8 Å². The lowest BCUT2D eigenvalue weighted by Crippen LogP contribution is -2.35. The lowest BCUT2D eigenvalue weighted by molar-refractivity contribution is -0.122. The molecule has 0 spiro atoms. The van der Waals surface area contributed by atoms with Crippen LogP contribution in [0.5, 0.6) is 0 Å². The molecule has 140 valence electrons. The third-order valence-corrected chi connectivity index (χ3v) is 6.24. The zero-order valence-electron chi connectivity index (χ0n) is 15.5. The molecule has 1 N–H and O–H groups in total. The molecule has 1 atom stereocenters. The normalized spacial score (nSPS) is 20.7. The van der Waals surface area contributed by atoms with E-state index >= 15 is 0 Å². The SMILES string of the molecule is CC(C)(C)n1ncc2c(=O)n3c(nc21)SCC3CC(=O)NC1CCCC1. The third kappa shape index (κ3) is 3.04. The standard InChI is InChI=1S/C18H25N5O2S/c1-18(2,3)23-15-13(9-19-23)16(25)22-12(10-26-17(22)21-15)8-14(24)20-11-6-4-5-7-11/h9,11-12H,4-8,10H2,1-3H3,(H,20,24). The van der Waals surface area contributed by atoms with Crippen LogP contribution in [0.3, 0.4) is 0 Å². The number of amides is 1. The van der Waals surface area contributed by atoms with Crippen LogP contribution in [0.2, 0.25) is 0 Å². The highest BCUT2D eigenvalue weighted by Crippen LogP contribution is 2.33. The van der Waals surface area contributed by atoms with Crippen LogP contribution < -0.4 is 10.9 Å². The van der Waals surface area contributed by atoms with E-state index in [2.05, 4.69) is 10.4 Å². The second-order valence-electron chi connectivity index (χ2n) is 8.25. The van der Waals surface area contributed by atoms with Crippen LogP contribution in [0.15, 0.2) is 16.1 Å². The van der Waals surface area contributed by atoms with Crippen LogP contribution in [0, 0.1) is 0 Å². The van der Waals surface area contributed by atoms with E-state index < -0.39 is 0 Å². The molecular weight excluding hydrogens is 350 g/mol. The Bertz CT molecular complexity index is 905. The van der Waals surface area contributed by atoms with Gasteiger partial charge in [-0.25, -0.2) is 9.67 Å². The van der Waals surface area contributed by atoms with Crippen LogP contribution in [-0.2, 0) is 10.3 Å². The van der Waals surface area contributed by atoms with Gasteiger partial charge in [0.15, 0.2) is 10.8 Å². The summed E-state index contributed by atoms with van der Waals surface area (Å²) in [4.78, 5) is 30.1. The first-order chi connectivity index (χ1) is 12.3. The molecule has 1 aliphatic carbocycles. The average Bonchev–Trinajstić information content (AvgIpc) is 3.26. The highest BCUT2D eigenvalue weighted by molar-refractivity contribution is 7.99. The first-order valence-corrected chi connectivity index (χ1v) is 10.3. The molecule has 2 aromatic heterocycles. The first-order valence-electron chi connectivity index (χ1n) is 9.27. The quantitative estimate of drug-likeness (QED) is 0.834. The molecule has 0 saturated heterocycles. The topological polar surface area (TPSA) is 81.8 Å². The monoisotopic (exact) mass is 375 g/mol. The Kier molecular flexibility index (Phi) is 4.33. The number of nitrogens with one attached hydrogen (secondary N) is 1. The van der Waals surface area contributed by atoms with E-state index in [4.69, 9.17) is 4.98 Å². The maximum Gasteiger partial charge on any atom is 0.265 e. The first kappa shape index (κ1) is 17.6. The molecule has 7 nitrogen and oxygen atoms in total. The molecule has 26 heavy (non-hydrogen) atoms. The van der Waals surface area contributed by atoms with Crippen LogP contribution in [0.25, 0.3) is 11.0 Å². The molecule has 2 aromatic rings. The maximum absolute atomic E-state index is 13.0. The van der Waals surface area contributed by atoms with Gasteiger partial charge < -0.3 is 5.32 Å². The molecule has 2 aliphatic rings. The summed E-state index contributed by atoms with van der Waals surface area (Å²) in [5.41, 5.74) is 0.283. The number of hydrogen-bond donors (Lipinski definition) is 1. The smallest absolute Gasteiger partial charge is 0.265 e. The Morgan fingerprint density at radius 1 is 1.35 bits per heavy atom. The van der Waals surface area contributed by atoms with Crippen molar-refractivity contribution in [3.8, 4) is 0 Å². The Morgan fingerprint density at radius 3 is 2.77 bits per heavy atom. The number of nitrogens with zero attached hydrogens (tertiary/aromatic N) is 4. The summed E-state index contributed by atoms with van der Waals surface area (Å²) in [6, 6.07) is 0.164. The Balaban J connectivity index is 1.62. The fourth-order valence-corrected chi connectivity index (χ4v) is 4.97. The van der Waals surface area contributed by atoms with Gasteiger partial charge in [0.25, 0.3) is 5.56 Å². The van der Waals surface area contributed by atoms with Crippen molar-refractivity contribution in [2.24, 2.45) is 0 Å².